The zero-order valence-corrected chi connectivity index (χ0v) is 16.1. The quantitative estimate of drug-likeness (QED) is 0.782. The van der Waals surface area contributed by atoms with Gasteiger partial charge in [-0.1, -0.05) is 11.6 Å². The molecular weight excluding hydrogens is 418 g/mol. The van der Waals surface area contributed by atoms with Gasteiger partial charge in [-0.2, -0.15) is 17.5 Å². The van der Waals surface area contributed by atoms with Crippen molar-refractivity contribution in [2.24, 2.45) is 0 Å². The van der Waals surface area contributed by atoms with E-state index in [1.165, 1.54) is 4.90 Å². The highest BCUT2D eigenvalue weighted by molar-refractivity contribution is 7.89. The van der Waals surface area contributed by atoms with E-state index in [1.807, 2.05) is 0 Å². The normalized spacial score (nSPS) is 15.7. The summed E-state index contributed by atoms with van der Waals surface area (Å²) < 4.78 is 64.4. The Morgan fingerprint density at radius 2 is 1.88 bits per heavy atom. The lowest BCUT2D eigenvalue weighted by atomic mass is 10.2. The van der Waals surface area contributed by atoms with Crippen LogP contribution in [0.1, 0.15) is 5.56 Å². The maximum absolute atomic E-state index is 12.9. The number of halogens is 5. The number of carbonyl (C=O) groups excluding carboxylic acids is 1. The SMILES string of the molecule is CN(CC(=O)N1CCNCC1)S(=O)(=O)c1ccc(Cl)c(C(F)(F)F)c1.Cl. The Morgan fingerprint density at radius 1 is 1.31 bits per heavy atom. The number of likely N-dealkylation sites (N-methyl/N-ethyl adjacent to an activating group) is 1. The Labute approximate surface area is 160 Å². The molecule has 1 aromatic rings. The lowest BCUT2D eigenvalue weighted by Gasteiger charge is -2.29. The minimum absolute atomic E-state index is 0. The fraction of sp³-hybridized carbons (Fsp3) is 0.500. The number of amides is 1. The average Bonchev–Trinajstić information content (AvgIpc) is 2.54. The first kappa shape index (κ1) is 23.0. The van der Waals surface area contributed by atoms with Crippen LogP contribution >= 0.6 is 24.0 Å². The van der Waals surface area contributed by atoms with Crippen molar-refractivity contribution in [3.63, 3.8) is 0 Å². The number of nitrogens with zero attached hydrogens (tertiary/aromatic N) is 2. The monoisotopic (exact) mass is 435 g/mol. The molecule has 148 valence electrons. The minimum Gasteiger partial charge on any atom is -0.339 e. The zero-order chi connectivity index (χ0) is 18.8. The van der Waals surface area contributed by atoms with Gasteiger partial charge in [-0.05, 0) is 18.2 Å². The van der Waals surface area contributed by atoms with Crippen molar-refractivity contribution >= 4 is 39.9 Å². The van der Waals surface area contributed by atoms with Crippen molar-refractivity contribution in [2.45, 2.75) is 11.1 Å². The molecule has 1 aromatic carbocycles. The molecule has 0 unspecified atom stereocenters. The van der Waals surface area contributed by atoms with Crippen molar-refractivity contribution < 1.29 is 26.4 Å². The summed E-state index contributed by atoms with van der Waals surface area (Å²) in [6.45, 7) is 1.66. The topological polar surface area (TPSA) is 69.7 Å². The summed E-state index contributed by atoms with van der Waals surface area (Å²) in [6.07, 6.45) is -4.78. The summed E-state index contributed by atoms with van der Waals surface area (Å²) >= 11 is 5.50. The van der Waals surface area contributed by atoms with E-state index >= 15 is 0 Å². The third-order valence-electron chi connectivity index (χ3n) is 3.78. The molecule has 0 aromatic heterocycles. The molecule has 1 fully saturated rings. The molecule has 2 rings (SSSR count). The number of carbonyl (C=O) groups is 1. The third kappa shape index (κ3) is 5.23. The van der Waals surface area contributed by atoms with Crippen molar-refractivity contribution in [3.8, 4) is 0 Å². The number of benzene rings is 1. The highest BCUT2D eigenvalue weighted by atomic mass is 35.5. The van der Waals surface area contributed by atoms with Gasteiger partial charge in [0.1, 0.15) is 0 Å². The molecule has 6 nitrogen and oxygen atoms in total. The third-order valence-corrected chi connectivity index (χ3v) is 5.91. The summed E-state index contributed by atoms with van der Waals surface area (Å²) in [5.41, 5.74) is -1.24. The van der Waals surface area contributed by atoms with Crippen molar-refractivity contribution in [2.75, 3.05) is 39.8 Å². The van der Waals surface area contributed by atoms with E-state index in [2.05, 4.69) is 5.32 Å². The van der Waals surface area contributed by atoms with E-state index in [4.69, 9.17) is 11.6 Å². The predicted octanol–water partition coefficient (Wildman–Crippen LogP) is 1.83. The van der Waals surface area contributed by atoms with E-state index in [1.54, 1.807) is 0 Å². The number of alkyl halides is 3. The maximum atomic E-state index is 12.9. The van der Waals surface area contributed by atoms with Crippen molar-refractivity contribution in [1.29, 1.82) is 0 Å². The van der Waals surface area contributed by atoms with Crippen LogP contribution in [0.5, 0.6) is 0 Å². The average molecular weight is 436 g/mol. The molecule has 1 aliphatic heterocycles. The van der Waals surface area contributed by atoms with Crippen LogP contribution in [0.3, 0.4) is 0 Å². The number of piperazine rings is 1. The molecule has 1 heterocycles. The number of sulfonamides is 1. The molecule has 1 aliphatic rings. The molecule has 0 atom stereocenters. The first-order valence-corrected chi connectivity index (χ1v) is 9.17. The second-order valence-corrected chi connectivity index (χ2v) is 7.98. The second-order valence-electron chi connectivity index (χ2n) is 5.53. The van der Waals surface area contributed by atoms with Gasteiger partial charge in [0, 0.05) is 33.2 Å². The number of rotatable bonds is 4. The van der Waals surface area contributed by atoms with E-state index in [0.29, 0.717) is 32.2 Å². The van der Waals surface area contributed by atoms with Crippen LogP contribution in [0.4, 0.5) is 13.2 Å². The van der Waals surface area contributed by atoms with Crippen molar-refractivity contribution in [3.05, 3.63) is 28.8 Å². The van der Waals surface area contributed by atoms with Gasteiger partial charge in [0.2, 0.25) is 15.9 Å². The number of hydrogen-bond donors (Lipinski definition) is 1. The van der Waals surface area contributed by atoms with Gasteiger partial charge in [0.15, 0.2) is 0 Å². The minimum atomic E-state index is -4.78. The van der Waals surface area contributed by atoms with Crippen LogP contribution in [0.2, 0.25) is 5.02 Å². The van der Waals surface area contributed by atoms with Crippen LogP contribution in [-0.2, 0) is 21.0 Å². The molecule has 0 aliphatic carbocycles. The Kier molecular flexibility index (Phi) is 7.73. The molecule has 26 heavy (non-hydrogen) atoms. The molecule has 0 saturated carbocycles. The zero-order valence-electron chi connectivity index (χ0n) is 13.7. The predicted molar refractivity (Wildman–Crippen MR) is 93.0 cm³/mol. The van der Waals surface area contributed by atoms with Crippen LogP contribution in [0, 0.1) is 0 Å². The Balaban J connectivity index is 0.00000338. The molecule has 0 bridgehead atoms. The van der Waals surface area contributed by atoms with Gasteiger partial charge in [-0.3, -0.25) is 4.79 Å². The largest absolute Gasteiger partial charge is 0.417 e. The van der Waals surface area contributed by atoms with Crippen LogP contribution in [-0.4, -0.2) is 63.3 Å². The highest BCUT2D eigenvalue weighted by Crippen LogP contribution is 2.36. The molecule has 1 amide bonds. The first-order chi connectivity index (χ1) is 11.5. The van der Waals surface area contributed by atoms with Crippen molar-refractivity contribution in [1.82, 2.24) is 14.5 Å². The van der Waals surface area contributed by atoms with Gasteiger partial charge >= 0.3 is 6.18 Å². The van der Waals surface area contributed by atoms with Crippen LogP contribution in [0.15, 0.2) is 23.1 Å². The lowest BCUT2D eigenvalue weighted by molar-refractivity contribution is -0.137. The summed E-state index contributed by atoms with van der Waals surface area (Å²) in [6, 6.07) is 2.34. The fourth-order valence-corrected chi connectivity index (χ4v) is 3.72. The first-order valence-electron chi connectivity index (χ1n) is 7.35. The van der Waals surface area contributed by atoms with Gasteiger partial charge in [0.05, 0.1) is 22.0 Å². The fourth-order valence-electron chi connectivity index (χ4n) is 2.35. The molecular formula is C14H18Cl2F3N3O3S. The van der Waals surface area contributed by atoms with Crippen LogP contribution in [0.25, 0.3) is 0 Å². The molecule has 0 spiro atoms. The van der Waals surface area contributed by atoms with Gasteiger partial charge in [0.25, 0.3) is 0 Å². The Bertz CT molecular complexity index is 754. The number of nitrogens with one attached hydrogen (secondary N) is 1. The van der Waals surface area contributed by atoms with Gasteiger partial charge < -0.3 is 10.2 Å². The Hall–Kier alpha value is -1.07. The maximum Gasteiger partial charge on any atom is 0.417 e. The van der Waals surface area contributed by atoms with Gasteiger partial charge in [-0.25, -0.2) is 8.42 Å². The Morgan fingerprint density at radius 3 is 2.42 bits per heavy atom. The highest BCUT2D eigenvalue weighted by Gasteiger charge is 2.35. The van der Waals surface area contributed by atoms with E-state index in [0.717, 1.165) is 23.5 Å². The van der Waals surface area contributed by atoms with Gasteiger partial charge in [-0.15, -0.1) is 12.4 Å². The summed E-state index contributed by atoms with van der Waals surface area (Å²) in [4.78, 5) is 13.1. The standard InChI is InChI=1S/C14H17ClF3N3O3S.ClH/c1-20(9-13(22)21-6-4-19-5-7-21)25(23,24)10-2-3-12(15)11(8-10)14(16,17)18;/h2-3,8,19H,4-7,9H2,1H3;1H. The number of hydrogen-bond acceptors (Lipinski definition) is 4. The molecule has 12 heteroatoms. The summed E-state index contributed by atoms with van der Waals surface area (Å²) in [5, 5.41) is 2.47. The van der Waals surface area contributed by atoms with E-state index in [-0.39, 0.29) is 12.4 Å². The van der Waals surface area contributed by atoms with E-state index < -0.39 is 44.1 Å². The summed E-state index contributed by atoms with van der Waals surface area (Å²) in [7, 11) is -3.11. The summed E-state index contributed by atoms with van der Waals surface area (Å²) in [5.74, 6) is -0.405. The van der Waals surface area contributed by atoms with Crippen LogP contribution < -0.4 is 5.32 Å². The smallest absolute Gasteiger partial charge is 0.339 e. The molecule has 1 N–H and O–H groups in total. The molecule has 0 radical (unpaired) electrons. The lowest BCUT2D eigenvalue weighted by Crippen LogP contribution is -2.49. The van der Waals surface area contributed by atoms with E-state index in [9.17, 15) is 26.4 Å². The molecule has 1 saturated heterocycles. The second kappa shape index (κ2) is 8.75.